The van der Waals surface area contributed by atoms with Gasteiger partial charge in [0.1, 0.15) is 23.3 Å². The van der Waals surface area contributed by atoms with Crippen LogP contribution >= 0.6 is 11.8 Å². The molecule has 0 amide bonds. The van der Waals surface area contributed by atoms with E-state index in [4.69, 9.17) is 0 Å². The Labute approximate surface area is 224 Å². The molecule has 1 saturated carbocycles. The lowest BCUT2D eigenvalue weighted by molar-refractivity contribution is 0.0000874. The van der Waals surface area contributed by atoms with Crippen molar-refractivity contribution in [3.8, 4) is 28.3 Å². The molecular formula is C27H31F2N7OS. The number of benzene rings is 1. The SMILES string of the molecule is CSc1ncc(F)c(-c2ccc(-c3cnc(N(C4CC4)[C@H]4C[C@]5(C)CCC[C@@](C)(N5)[C@H]4F)nn3)c(O)c2)n1. The number of nitrogens with zero attached hydrogens (tertiary/aromatic N) is 6. The average molecular weight is 540 g/mol. The predicted molar refractivity (Wildman–Crippen MR) is 142 cm³/mol. The molecule has 2 N–H and O–H groups in total. The van der Waals surface area contributed by atoms with E-state index in [1.807, 2.05) is 18.1 Å². The molecule has 0 spiro atoms. The number of halogens is 2. The van der Waals surface area contributed by atoms with E-state index in [0.29, 0.717) is 34.3 Å². The molecule has 3 fully saturated rings. The number of fused-ring (bicyclic) bond motifs is 2. The van der Waals surface area contributed by atoms with Crippen LogP contribution in [0.5, 0.6) is 5.75 Å². The van der Waals surface area contributed by atoms with Crippen molar-refractivity contribution in [2.75, 3.05) is 11.2 Å². The number of phenolic OH excluding ortho intramolecular Hbond substituents is 1. The van der Waals surface area contributed by atoms with Crippen molar-refractivity contribution in [1.82, 2.24) is 30.5 Å². The molecule has 1 aromatic carbocycles. The van der Waals surface area contributed by atoms with Gasteiger partial charge < -0.3 is 15.3 Å². The molecule has 2 aliphatic heterocycles. The Balaban J connectivity index is 1.28. The third-order valence-electron chi connectivity index (χ3n) is 8.15. The van der Waals surface area contributed by atoms with Gasteiger partial charge in [0.15, 0.2) is 11.0 Å². The molecule has 0 radical (unpaired) electrons. The van der Waals surface area contributed by atoms with Gasteiger partial charge in [-0.05, 0) is 70.8 Å². The molecule has 0 unspecified atom stereocenters. The number of hydrogen-bond donors (Lipinski definition) is 2. The Morgan fingerprint density at radius 1 is 1.13 bits per heavy atom. The van der Waals surface area contributed by atoms with E-state index in [9.17, 15) is 9.50 Å². The summed E-state index contributed by atoms with van der Waals surface area (Å²) in [5.74, 6) is -0.248. The van der Waals surface area contributed by atoms with Gasteiger partial charge in [-0.3, -0.25) is 0 Å². The maximum Gasteiger partial charge on any atom is 0.245 e. The van der Waals surface area contributed by atoms with Gasteiger partial charge in [0.05, 0.1) is 18.4 Å². The third kappa shape index (κ3) is 4.49. The molecule has 38 heavy (non-hydrogen) atoms. The number of aromatic nitrogens is 5. The molecule has 200 valence electrons. The first kappa shape index (κ1) is 25.4. The summed E-state index contributed by atoms with van der Waals surface area (Å²) < 4.78 is 30.4. The molecule has 4 atom stereocenters. The lowest BCUT2D eigenvalue weighted by atomic mass is 9.68. The van der Waals surface area contributed by atoms with Crippen molar-refractivity contribution in [2.24, 2.45) is 0 Å². The fourth-order valence-corrected chi connectivity index (χ4v) is 6.58. The van der Waals surface area contributed by atoms with E-state index < -0.39 is 17.5 Å². The van der Waals surface area contributed by atoms with Gasteiger partial charge in [0.25, 0.3) is 0 Å². The maximum absolute atomic E-state index is 16.0. The van der Waals surface area contributed by atoms with Crippen molar-refractivity contribution in [1.29, 1.82) is 0 Å². The minimum Gasteiger partial charge on any atom is -0.507 e. The Kier molecular flexibility index (Phi) is 6.26. The summed E-state index contributed by atoms with van der Waals surface area (Å²) in [6.07, 6.45) is 8.94. The van der Waals surface area contributed by atoms with E-state index in [1.54, 1.807) is 18.3 Å². The zero-order valence-electron chi connectivity index (χ0n) is 21.7. The minimum atomic E-state index is -1.05. The Morgan fingerprint density at radius 2 is 1.95 bits per heavy atom. The second kappa shape index (κ2) is 9.37. The molecular weight excluding hydrogens is 508 g/mol. The molecule has 1 aliphatic carbocycles. The van der Waals surface area contributed by atoms with Crippen molar-refractivity contribution in [3.63, 3.8) is 0 Å². The number of thioether (sulfide) groups is 1. The topological polar surface area (TPSA) is 100.0 Å². The first-order valence-corrected chi connectivity index (χ1v) is 14.2. The van der Waals surface area contributed by atoms with Crippen LogP contribution in [0, 0.1) is 5.82 Å². The quantitative estimate of drug-likeness (QED) is 0.334. The third-order valence-corrected chi connectivity index (χ3v) is 8.71. The summed E-state index contributed by atoms with van der Waals surface area (Å²) in [4.78, 5) is 14.8. The average Bonchev–Trinajstić information content (AvgIpc) is 3.73. The number of rotatable bonds is 6. The highest BCUT2D eigenvalue weighted by molar-refractivity contribution is 7.98. The van der Waals surface area contributed by atoms with Crippen LogP contribution in [0.3, 0.4) is 0 Å². The van der Waals surface area contributed by atoms with Crippen molar-refractivity contribution >= 4 is 17.7 Å². The van der Waals surface area contributed by atoms with Gasteiger partial charge in [0, 0.05) is 28.2 Å². The first-order valence-electron chi connectivity index (χ1n) is 13.0. The number of phenols is 1. The number of anilines is 1. The second-order valence-electron chi connectivity index (χ2n) is 11.2. The smallest absolute Gasteiger partial charge is 0.245 e. The highest BCUT2D eigenvalue weighted by Gasteiger charge is 2.56. The number of nitrogens with one attached hydrogen (secondary N) is 1. The standard InChI is InChI=1S/C27H31F2N7OS/c1-26-9-4-10-27(2,35-26)23(29)20(12-26)36(16-6-7-16)24-30-14-19(33-34-24)17-8-5-15(11-21(17)37)22-18(28)13-31-25(32-22)38-3/h5,8,11,13-14,16,20,23,35,37H,4,6-7,9-10,12H2,1-3H3/t20-,23-,26-,27+/m0/s1. The summed E-state index contributed by atoms with van der Waals surface area (Å²) >= 11 is 1.31. The van der Waals surface area contributed by atoms with E-state index in [-0.39, 0.29) is 29.1 Å². The molecule has 3 aromatic rings. The largest absolute Gasteiger partial charge is 0.507 e. The molecule has 8 nitrogen and oxygen atoms in total. The van der Waals surface area contributed by atoms with E-state index in [0.717, 1.165) is 38.3 Å². The fourth-order valence-electron chi connectivity index (χ4n) is 6.24. The van der Waals surface area contributed by atoms with Crippen LogP contribution in [0.15, 0.2) is 35.7 Å². The number of alkyl halides is 1. The van der Waals surface area contributed by atoms with Gasteiger partial charge in [0.2, 0.25) is 5.95 Å². The van der Waals surface area contributed by atoms with Crippen LogP contribution in [0.25, 0.3) is 22.5 Å². The molecule has 2 saturated heterocycles. The van der Waals surface area contributed by atoms with Crippen LogP contribution < -0.4 is 10.2 Å². The lowest BCUT2D eigenvalue weighted by Gasteiger charge is -2.57. The molecule has 6 rings (SSSR count). The summed E-state index contributed by atoms with van der Waals surface area (Å²) in [5.41, 5.74) is 0.640. The summed E-state index contributed by atoms with van der Waals surface area (Å²) in [6, 6.07) is 4.63. The summed E-state index contributed by atoms with van der Waals surface area (Å²) in [6.45, 7) is 4.19. The fraction of sp³-hybridized carbons (Fsp3) is 0.519. The Morgan fingerprint density at radius 3 is 2.63 bits per heavy atom. The zero-order valence-corrected chi connectivity index (χ0v) is 22.5. The maximum atomic E-state index is 16.0. The van der Waals surface area contributed by atoms with Crippen LogP contribution in [0.4, 0.5) is 14.7 Å². The monoisotopic (exact) mass is 539 g/mol. The summed E-state index contributed by atoms with van der Waals surface area (Å²) in [7, 11) is 0. The van der Waals surface area contributed by atoms with Crippen LogP contribution in [-0.2, 0) is 0 Å². The highest BCUT2D eigenvalue weighted by Crippen LogP contribution is 2.46. The number of aromatic hydroxyl groups is 1. The lowest BCUT2D eigenvalue weighted by Crippen LogP contribution is -2.73. The molecule has 2 bridgehead atoms. The zero-order chi connectivity index (χ0) is 26.7. The predicted octanol–water partition coefficient (Wildman–Crippen LogP) is 4.93. The molecule has 3 aliphatic rings. The van der Waals surface area contributed by atoms with E-state index >= 15 is 4.39 Å². The van der Waals surface area contributed by atoms with Crippen LogP contribution in [0.1, 0.15) is 52.4 Å². The minimum absolute atomic E-state index is 0.0926. The number of hydrogen-bond acceptors (Lipinski definition) is 9. The Bertz CT molecular complexity index is 1360. The number of piperidine rings is 2. The van der Waals surface area contributed by atoms with Gasteiger partial charge in [-0.2, -0.15) is 0 Å². The Hall–Kier alpha value is -2.92. The van der Waals surface area contributed by atoms with Gasteiger partial charge >= 0.3 is 0 Å². The van der Waals surface area contributed by atoms with Crippen molar-refractivity contribution in [3.05, 3.63) is 36.4 Å². The van der Waals surface area contributed by atoms with E-state index in [1.165, 1.54) is 17.8 Å². The molecule has 4 heterocycles. The van der Waals surface area contributed by atoms with Crippen molar-refractivity contribution < 1.29 is 13.9 Å². The highest BCUT2D eigenvalue weighted by atomic mass is 32.2. The van der Waals surface area contributed by atoms with Crippen LogP contribution in [0.2, 0.25) is 0 Å². The van der Waals surface area contributed by atoms with Gasteiger partial charge in [-0.1, -0.05) is 17.8 Å². The van der Waals surface area contributed by atoms with Gasteiger partial charge in [-0.15, -0.1) is 10.2 Å². The normalized spacial score (nSPS) is 28.8. The molecule has 2 aromatic heterocycles. The first-order chi connectivity index (χ1) is 18.2. The second-order valence-corrected chi connectivity index (χ2v) is 12.0. The van der Waals surface area contributed by atoms with Gasteiger partial charge in [-0.25, -0.2) is 23.7 Å². The van der Waals surface area contributed by atoms with Crippen molar-refractivity contribution in [2.45, 2.75) is 86.9 Å². The van der Waals surface area contributed by atoms with Crippen LogP contribution in [-0.4, -0.2) is 65.8 Å². The molecule has 11 heteroatoms. The van der Waals surface area contributed by atoms with E-state index in [2.05, 4.69) is 37.4 Å². The summed E-state index contributed by atoms with van der Waals surface area (Å²) in [5, 5.41) is 23.6.